The third kappa shape index (κ3) is 2.86. The van der Waals surface area contributed by atoms with E-state index in [1.807, 2.05) is 42.8 Å². The second-order valence-corrected chi connectivity index (χ2v) is 6.73. The fraction of sp³-hybridized carbons (Fsp3) is 0.118. The highest BCUT2D eigenvalue weighted by atomic mass is 35.5. The molecule has 0 aliphatic rings. The first-order valence-corrected chi connectivity index (χ1v) is 8.71. The van der Waals surface area contributed by atoms with Crippen molar-refractivity contribution in [2.75, 3.05) is 5.32 Å². The number of anilines is 1. The van der Waals surface area contributed by atoms with Crippen LogP contribution in [-0.4, -0.2) is 19.6 Å². The van der Waals surface area contributed by atoms with Crippen LogP contribution in [0.2, 0.25) is 5.28 Å². The molecule has 7 heteroatoms. The van der Waals surface area contributed by atoms with Gasteiger partial charge in [0.25, 0.3) is 0 Å². The summed E-state index contributed by atoms with van der Waals surface area (Å²) in [4.78, 5) is 8.85. The lowest BCUT2D eigenvalue weighted by Crippen LogP contribution is -2.06. The highest BCUT2D eigenvalue weighted by Gasteiger charge is 2.13. The predicted octanol–water partition coefficient (Wildman–Crippen LogP) is 4.43. The Morgan fingerprint density at radius 2 is 2.00 bits per heavy atom. The minimum absolute atomic E-state index is 0.203. The summed E-state index contributed by atoms with van der Waals surface area (Å²) in [5, 5.41) is 10.9. The van der Waals surface area contributed by atoms with E-state index in [9.17, 15) is 0 Å². The van der Waals surface area contributed by atoms with Crippen LogP contribution in [0.15, 0.2) is 48.0 Å². The summed E-state index contributed by atoms with van der Waals surface area (Å²) in [5.41, 5.74) is 4.05. The van der Waals surface area contributed by atoms with Gasteiger partial charge in [0.1, 0.15) is 5.52 Å². The standard InChI is InChI=1S/C17H14ClN5S/c1-11-20-13(10-24-11)9-19-16-15-14(12-5-3-2-4-6-12)7-8-23(15)22-17(18)21-16/h2-8,10H,9H2,1H3,(H,19,21,22). The smallest absolute Gasteiger partial charge is 0.243 e. The maximum absolute atomic E-state index is 6.07. The van der Waals surface area contributed by atoms with Gasteiger partial charge < -0.3 is 5.32 Å². The maximum atomic E-state index is 6.07. The molecule has 0 aliphatic heterocycles. The molecule has 0 atom stereocenters. The number of rotatable bonds is 4. The fourth-order valence-electron chi connectivity index (χ4n) is 2.64. The van der Waals surface area contributed by atoms with Gasteiger partial charge in [-0.15, -0.1) is 16.4 Å². The van der Waals surface area contributed by atoms with Gasteiger partial charge in [-0.1, -0.05) is 30.3 Å². The SMILES string of the molecule is Cc1nc(CNc2nc(Cl)nn3ccc(-c4ccccc4)c23)cs1. The van der Waals surface area contributed by atoms with Crippen molar-refractivity contribution in [1.29, 1.82) is 0 Å². The second-order valence-electron chi connectivity index (χ2n) is 5.33. The first-order chi connectivity index (χ1) is 11.7. The molecule has 0 saturated heterocycles. The molecule has 0 fully saturated rings. The van der Waals surface area contributed by atoms with Crippen molar-refractivity contribution in [1.82, 2.24) is 19.6 Å². The Morgan fingerprint density at radius 1 is 1.17 bits per heavy atom. The molecule has 0 radical (unpaired) electrons. The number of halogens is 1. The molecule has 0 bridgehead atoms. The van der Waals surface area contributed by atoms with Crippen molar-refractivity contribution in [2.45, 2.75) is 13.5 Å². The Bertz CT molecular complexity index is 993. The van der Waals surface area contributed by atoms with E-state index in [1.165, 1.54) is 0 Å². The number of nitrogens with one attached hydrogen (secondary N) is 1. The topological polar surface area (TPSA) is 55.1 Å². The van der Waals surface area contributed by atoms with Crippen molar-refractivity contribution >= 4 is 34.3 Å². The Labute approximate surface area is 148 Å². The molecule has 4 aromatic rings. The normalized spacial score (nSPS) is 11.1. The summed E-state index contributed by atoms with van der Waals surface area (Å²) in [5.74, 6) is 0.699. The van der Waals surface area contributed by atoms with Gasteiger partial charge >= 0.3 is 0 Å². The lowest BCUT2D eigenvalue weighted by atomic mass is 10.1. The quantitative estimate of drug-likeness (QED) is 0.588. The van der Waals surface area contributed by atoms with Crippen LogP contribution in [0.5, 0.6) is 0 Å². The molecule has 1 aromatic carbocycles. The highest BCUT2D eigenvalue weighted by molar-refractivity contribution is 7.09. The molecule has 0 aliphatic carbocycles. The molecule has 4 rings (SSSR count). The van der Waals surface area contributed by atoms with Crippen LogP contribution in [0, 0.1) is 6.92 Å². The zero-order valence-electron chi connectivity index (χ0n) is 12.9. The van der Waals surface area contributed by atoms with E-state index >= 15 is 0 Å². The Morgan fingerprint density at radius 3 is 2.75 bits per heavy atom. The summed E-state index contributed by atoms with van der Waals surface area (Å²) in [6.07, 6.45) is 1.89. The number of fused-ring (bicyclic) bond motifs is 1. The van der Waals surface area contributed by atoms with Crippen molar-refractivity contribution < 1.29 is 0 Å². The molecule has 120 valence electrons. The van der Waals surface area contributed by atoms with Gasteiger partial charge in [0.15, 0.2) is 5.82 Å². The number of aryl methyl sites for hydroxylation is 1. The number of nitrogens with zero attached hydrogens (tertiary/aromatic N) is 4. The lowest BCUT2D eigenvalue weighted by molar-refractivity contribution is 0.899. The number of hydrogen-bond acceptors (Lipinski definition) is 5. The number of benzene rings is 1. The summed E-state index contributed by atoms with van der Waals surface area (Å²) < 4.78 is 1.76. The molecule has 0 spiro atoms. The molecule has 24 heavy (non-hydrogen) atoms. The maximum Gasteiger partial charge on any atom is 0.243 e. The van der Waals surface area contributed by atoms with Gasteiger partial charge in [0.2, 0.25) is 5.28 Å². The van der Waals surface area contributed by atoms with Gasteiger partial charge in [0.05, 0.1) is 17.2 Å². The van der Waals surface area contributed by atoms with Crippen molar-refractivity contribution in [3.05, 3.63) is 64.0 Å². The van der Waals surface area contributed by atoms with E-state index in [0.717, 1.165) is 27.3 Å². The van der Waals surface area contributed by atoms with Crippen LogP contribution in [0.25, 0.3) is 16.6 Å². The second kappa shape index (κ2) is 6.22. The van der Waals surface area contributed by atoms with Crippen LogP contribution >= 0.6 is 22.9 Å². The molecular formula is C17H14ClN5S. The van der Waals surface area contributed by atoms with Crippen LogP contribution < -0.4 is 5.32 Å². The lowest BCUT2D eigenvalue weighted by Gasteiger charge is -2.09. The molecule has 3 heterocycles. The molecule has 3 aromatic heterocycles. The molecule has 5 nitrogen and oxygen atoms in total. The summed E-state index contributed by atoms with van der Waals surface area (Å²) in [6, 6.07) is 12.2. The van der Waals surface area contributed by atoms with Gasteiger partial charge in [-0.2, -0.15) is 4.98 Å². The molecule has 0 unspecified atom stereocenters. The van der Waals surface area contributed by atoms with Gasteiger partial charge in [-0.25, -0.2) is 9.50 Å². The summed E-state index contributed by atoms with van der Waals surface area (Å²) in [7, 11) is 0. The first-order valence-electron chi connectivity index (χ1n) is 7.46. The largest absolute Gasteiger partial charge is 0.362 e. The zero-order valence-corrected chi connectivity index (χ0v) is 14.5. The Balaban J connectivity index is 1.77. The average molecular weight is 356 g/mol. The molecule has 1 N–H and O–H groups in total. The van der Waals surface area contributed by atoms with E-state index in [-0.39, 0.29) is 5.28 Å². The summed E-state index contributed by atoms with van der Waals surface area (Å²) in [6.45, 7) is 2.58. The third-order valence-corrected chi connectivity index (χ3v) is 4.66. The Hall–Kier alpha value is -2.44. The van der Waals surface area contributed by atoms with E-state index in [1.54, 1.807) is 15.9 Å². The average Bonchev–Trinajstić information content (AvgIpc) is 3.19. The Kier molecular flexibility index (Phi) is 3.92. The van der Waals surface area contributed by atoms with Gasteiger partial charge in [0, 0.05) is 17.1 Å². The first kappa shape index (κ1) is 15.1. The van der Waals surface area contributed by atoms with E-state index in [0.29, 0.717) is 12.4 Å². The van der Waals surface area contributed by atoms with Gasteiger partial charge in [-0.05, 0) is 30.2 Å². The van der Waals surface area contributed by atoms with E-state index in [2.05, 4.69) is 32.5 Å². The van der Waals surface area contributed by atoms with Crippen molar-refractivity contribution in [3.8, 4) is 11.1 Å². The van der Waals surface area contributed by atoms with E-state index in [4.69, 9.17) is 11.6 Å². The minimum atomic E-state index is 0.203. The third-order valence-electron chi connectivity index (χ3n) is 3.67. The highest BCUT2D eigenvalue weighted by Crippen LogP contribution is 2.30. The zero-order chi connectivity index (χ0) is 16.5. The number of thiazole rings is 1. The summed E-state index contributed by atoms with van der Waals surface area (Å²) >= 11 is 7.70. The van der Waals surface area contributed by atoms with E-state index < -0.39 is 0 Å². The van der Waals surface area contributed by atoms with Gasteiger partial charge in [-0.3, -0.25) is 0 Å². The van der Waals surface area contributed by atoms with Crippen LogP contribution in [-0.2, 0) is 6.54 Å². The van der Waals surface area contributed by atoms with Crippen LogP contribution in [0.3, 0.4) is 0 Å². The van der Waals surface area contributed by atoms with Crippen molar-refractivity contribution in [3.63, 3.8) is 0 Å². The van der Waals surface area contributed by atoms with Crippen LogP contribution in [0.1, 0.15) is 10.7 Å². The minimum Gasteiger partial charge on any atom is -0.362 e. The van der Waals surface area contributed by atoms with Crippen LogP contribution in [0.4, 0.5) is 5.82 Å². The fourth-order valence-corrected chi connectivity index (χ4v) is 3.41. The predicted molar refractivity (Wildman–Crippen MR) is 97.6 cm³/mol. The number of aromatic nitrogens is 4. The molecule has 0 saturated carbocycles. The molecular weight excluding hydrogens is 342 g/mol. The monoisotopic (exact) mass is 355 g/mol. The molecule has 0 amide bonds. The number of hydrogen-bond donors (Lipinski definition) is 1. The van der Waals surface area contributed by atoms with Crippen molar-refractivity contribution in [2.24, 2.45) is 0 Å².